The Bertz CT molecular complexity index is 378. The van der Waals surface area contributed by atoms with Gasteiger partial charge in [0, 0.05) is 32.2 Å². The second-order valence-electron chi connectivity index (χ2n) is 5.13. The van der Waals surface area contributed by atoms with E-state index in [1.807, 2.05) is 12.4 Å². The molecule has 2 heterocycles. The Morgan fingerprint density at radius 3 is 2.74 bits per heavy atom. The second kappa shape index (κ2) is 6.82. The number of aromatic nitrogens is 2. The maximum atomic E-state index is 4.55. The molecule has 106 valence electrons. The van der Waals surface area contributed by atoms with E-state index in [9.17, 15) is 0 Å². The summed E-state index contributed by atoms with van der Waals surface area (Å²) < 4.78 is 0. The van der Waals surface area contributed by atoms with Crippen molar-refractivity contribution >= 4 is 5.82 Å². The number of piperazine rings is 1. The van der Waals surface area contributed by atoms with Crippen LogP contribution in [0.25, 0.3) is 0 Å². The Kier molecular flexibility index (Phi) is 5.10. The molecule has 0 radical (unpaired) electrons. The van der Waals surface area contributed by atoms with Gasteiger partial charge in [-0.05, 0) is 20.0 Å². The molecule has 1 atom stereocenters. The van der Waals surface area contributed by atoms with Gasteiger partial charge in [0.05, 0.1) is 18.1 Å². The lowest BCUT2D eigenvalue weighted by molar-refractivity contribution is 0.213. The summed E-state index contributed by atoms with van der Waals surface area (Å²) in [5, 5.41) is 3.26. The molecule has 1 unspecified atom stereocenters. The highest BCUT2D eigenvalue weighted by molar-refractivity contribution is 5.37. The first-order valence-corrected chi connectivity index (χ1v) is 7.21. The Labute approximate surface area is 116 Å². The third-order valence-corrected chi connectivity index (χ3v) is 3.82. The van der Waals surface area contributed by atoms with Crippen molar-refractivity contribution < 1.29 is 0 Å². The van der Waals surface area contributed by atoms with Crippen LogP contribution >= 0.6 is 0 Å². The van der Waals surface area contributed by atoms with Crippen molar-refractivity contribution in [1.82, 2.24) is 20.2 Å². The highest BCUT2D eigenvalue weighted by Crippen LogP contribution is 2.16. The lowest BCUT2D eigenvalue weighted by atomic mass is 10.1. The third kappa shape index (κ3) is 3.64. The van der Waals surface area contributed by atoms with Crippen LogP contribution in [0.1, 0.15) is 26.0 Å². The lowest BCUT2D eigenvalue weighted by Crippen LogP contribution is -2.51. The van der Waals surface area contributed by atoms with Crippen LogP contribution in [-0.2, 0) is 6.54 Å². The number of anilines is 1. The zero-order valence-corrected chi connectivity index (χ0v) is 12.3. The van der Waals surface area contributed by atoms with Gasteiger partial charge < -0.3 is 10.2 Å². The molecule has 0 amide bonds. The molecule has 1 aliphatic rings. The summed E-state index contributed by atoms with van der Waals surface area (Å²) >= 11 is 0. The Morgan fingerprint density at radius 2 is 2.11 bits per heavy atom. The summed E-state index contributed by atoms with van der Waals surface area (Å²) in [6.45, 7) is 9.28. The summed E-state index contributed by atoms with van der Waals surface area (Å²) in [7, 11) is 2.21. The predicted octanol–water partition coefficient (Wildman–Crippen LogP) is 1.12. The van der Waals surface area contributed by atoms with Crippen LogP contribution in [0.2, 0.25) is 0 Å². The van der Waals surface area contributed by atoms with E-state index in [-0.39, 0.29) is 0 Å². The van der Waals surface area contributed by atoms with Crippen LogP contribution in [0.5, 0.6) is 0 Å². The second-order valence-corrected chi connectivity index (χ2v) is 5.13. The minimum atomic E-state index is 0.622. The minimum absolute atomic E-state index is 0.622. The molecule has 0 aromatic carbocycles. The van der Waals surface area contributed by atoms with Crippen molar-refractivity contribution in [3.8, 4) is 0 Å². The molecular formula is C14H25N5. The first kappa shape index (κ1) is 14.2. The average molecular weight is 263 g/mol. The Morgan fingerprint density at radius 1 is 1.26 bits per heavy atom. The molecule has 1 N–H and O–H groups in total. The molecule has 0 bridgehead atoms. The summed E-state index contributed by atoms with van der Waals surface area (Å²) in [6.07, 6.45) is 4.97. The minimum Gasteiger partial charge on any atom is -0.352 e. The van der Waals surface area contributed by atoms with Crippen LogP contribution in [0.4, 0.5) is 5.82 Å². The van der Waals surface area contributed by atoms with Gasteiger partial charge in [-0.1, -0.05) is 13.8 Å². The number of likely N-dealkylation sites (N-methyl/N-ethyl adjacent to an activating group) is 1. The highest BCUT2D eigenvalue weighted by atomic mass is 15.3. The standard InChI is InChI=1S/C14H25N5/c1-4-13-11-19(7-6-18(13)3)14-10-16-12(9-17-14)8-15-5-2/h9-10,13,15H,4-8,11H2,1-3H3. The maximum Gasteiger partial charge on any atom is 0.147 e. The van der Waals surface area contributed by atoms with E-state index in [0.717, 1.165) is 44.2 Å². The predicted molar refractivity (Wildman–Crippen MR) is 78.3 cm³/mol. The quantitative estimate of drug-likeness (QED) is 0.862. The SMILES string of the molecule is CCNCc1cnc(N2CCN(C)C(CC)C2)cn1. The van der Waals surface area contributed by atoms with E-state index in [1.165, 1.54) is 6.42 Å². The van der Waals surface area contributed by atoms with E-state index >= 15 is 0 Å². The fraction of sp³-hybridized carbons (Fsp3) is 0.714. The highest BCUT2D eigenvalue weighted by Gasteiger charge is 2.23. The molecule has 1 aromatic rings. The topological polar surface area (TPSA) is 44.3 Å². The number of nitrogens with zero attached hydrogens (tertiary/aromatic N) is 4. The molecule has 5 nitrogen and oxygen atoms in total. The first-order valence-electron chi connectivity index (χ1n) is 7.21. The molecule has 1 aromatic heterocycles. The summed E-state index contributed by atoms with van der Waals surface area (Å²) in [5.41, 5.74) is 1.01. The fourth-order valence-electron chi connectivity index (χ4n) is 2.45. The lowest BCUT2D eigenvalue weighted by Gasteiger charge is -2.39. The van der Waals surface area contributed by atoms with E-state index in [2.05, 4.69) is 46.0 Å². The first-order chi connectivity index (χ1) is 9.24. The smallest absolute Gasteiger partial charge is 0.147 e. The molecule has 1 saturated heterocycles. The maximum absolute atomic E-state index is 4.55. The average Bonchev–Trinajstić information content (AvgIpc) is 2.46. The van der Waals surface area contributed by atoms with Gasteiger partial charge in [0.2, 0.25) is 0 Å². The van der Waals surface area contributed by atoms with Crippen LogP contribution < -0.4 is 10.2 Å². The van der Waals surface area contributed by atoms with Crippen molar-refractivity contribution in [3.63, 3.8) is 0 Å². The van der Waals surface area contributed by atoms with Crippen molar-refractivity contribution in [3.05, 3.63) is 18.1 Å². The van der Waals surface area contributed by atoms with Crippen molar-refractivity contribution in [2.45, 2.75) is 32.9 Å². The van der Waals surface area contributed by atoms with Gasteiger partial charge in [-0.25, -0.2) is 4.98 Å². The molecule has 0 aliphatic carbocycles. The zero-order valence-electron chi connectivity index (χ0n) is 12.3. The molecule has 19 heavy (non-hydrogen) atoms. The van der Waals surface area contributed by atoms with Crippen LogP contribution in [-0.4, -0.2) is 54.1 Å². The van der Waals surface area contributed by atoms with Crippen molar-refractivity contribution in [2.24, 2.45) is 0 Å². The van der Waals surface area contributed by atoms with E-state index in [4.69, 9.17) is 0 Å². The third-order valence-electron chi connectivity index (χ3n) is 3.82. The normalized spacial score (nSPS) is 20.8. The van der Waals surface area contributed by atoms with Gasteiger partial charge in [0.1, 0.15) is 5.82 Å². The van der Waals surface area contributed by atoms with Crippen LogP contribution in [0, 0.1) is 0 Å². The van der Waals surface area contributed by atoms with E-state index in [1.54, 1.807) is 0 Å². The van der Waals surface area contributed by atoms with Gasteiger partial charge in [-0.3, -0.25) is 9.88 Å². The Balaban J connectivity index is 1.98. The molecule has 0 saturated carbocycles. The fourth-order valence-corrected chi connectivity index (χ4v) is 2.45. The monoisotopic (exact) mass is 263 g/mol. The van der Waals surface area contributed by atoms with Gasteiger partial charge in [0.25, 0.3) is 0 Å². The van der Waals surface area contributed by atoms with Crippen LogP contribution in [0.15, 0.2) is 12.4 Å². The molecule has 0 spiro atoms. The summed E-state index contributed by atoms with van der Waals surface area (Å²) in [6, 6.07) is 0.622. The Hall–Kier alpha value is -1.20. The van der Waals surface area contributed by atoms with Crippen molar-refractivity contribution in [2.75, 3.05) is 38.1 Å². The summed E-state index contributed by atoms with van der Waals surface area (Å²) in [5.74, 6) is 1.01. The molecule has 1 fully saturated rings. The van der Waals surface area contributed by atoms with Gasteiger partial charge >= 0.3 is 0 Å². The summed E-state index contributed by atoms with van der Waals surface area (Å²) in [4.78, 5) is 13.8. The number of hydrogen-bond acceptors (Lipinski definition) is 5. The molecule has 1 aliphatic heterocycles. The van der Waals surface area contributed by atoms with Gasteiger partial charge in [0.15, 0.2) is 0 Å². The zero-order chi connectivity index (χ0) is 13.7. The van der Waals surface area contributed by atoms with Gasteiger partial charge in [-0.2, -0.15) is 0 Å². The van der Waals surface area contributed by atoms with Gasteiger partial charge in [-0.15, -0.1) is 0 Å². The number of rotatable bonds is 5. The number of nitrogens with one attached hydrogen (secondary N) is 1. The van der Waals surface area contributed by atoms with Crippen molar-refractivity contribution in [1.29, 1.82) is 0 Å². The number of hydrogen-bond donors (Lipinski definition) is 1. The molecule has 5 heteroatoms. The van der Waals surface area contributed by atoms with Crippen LogP contribution in [0.3, 0.4) is 0 Å². The molecular weight excluding hydrogens is 238 g/mol. The largest absolute Gasteiger partial charge is 0.352 e. The van der Waals surface area contributed by atoms with E-state index in [0.29, 0.717) is 6.04 Å². The molecule has 2 rings (SSSR count). The van der Waals surface area contributed by atoms with E-state index < -0.39 is 0 Å².